The van der Waals surface area contributed by atoms with Crippen molar-refractivity contribution in [1.82, 2.24) is 14.6 Å². The van der Waals surface area contributed by atoms with Crippen LogP contribution in [0.1, 0.15) is 32.1 Å². The van der Waals surface area contributed by atoms with Crippen LogP contribution in [-0.2, 0) is 0 Å². The fourth-order valence-electron chi connectivity index (χ4n) is 3.10. The Morgan fingerprint density at radius 1 is 1.18 bits per heavy atom. The van der Waals surface area contributed by atoms with Crippen molar-refractivity contribution in [1.29, 1.82) is 0 Å². The summed E-state index contributed by atoms with van der Waals surface area (Å²) < 4.78 is 7.81. The minimum atomic E-state index is 0.686. The first-order valence-electron chi connectivity index (χ1n) is 7.90. The molecule has 3 aromatic rings. The van der Waals surface area contributed by atoms with E-state index < -0.39 is 0 Å². The van der Waals surface area contributed by atoms with Crippen LogP contribution in [0, 0.1) is 5.92 Å². The van der Waals surface area contributed by atoms with E-state index in [4.69, 9.17) is 4.74 Å². The van der Waals surface area contributed by atoms with Gasteiger partial charge in [0.1, 0.15) is 0 Å². The summed E-state index contributed by atoms with van der Waals surface area (Å²) in [6.07, 6.45) is 8.49. The monoisotopic (exact) mass is 313 g/mol. The number of imidazole rings is 1. The summed E-state index contributed by atoms with van der Waals surface area (Å²) in [5.74, 6) is 1.37. The minimum absolute atomic E-state index is 0.686. The number of rotatable bonds is 4. The van der Waals surface area contributed by atoms with Gasteiger partial charge in [0.15, 0.2) is 5.65 Å². The van der Waals surface area contributed by atoms with Gasteiger partial charge in [-0.25, -0.2) is 9.50 Å². The predicted octanol–water partition coefficient (Wildman–Crippen LogP) is 4.42. The molecule has 0 atom stereocenters. The average Bonchev–Trinajstić information content (AvgIpc) is 3.22. The molecule has 22 heavy (non-hydrogen) atoms. The van der Waals surface area contributed by atoms with Crippen LogP contribution in [0.4, 0.5) is 0 Å². The fraction of sp³-hybridized carbons (Fsp3) is 0.412. The van der Waals surface area contributed by atoms with Gasteiger partial charge in [-0.15, -0.1) is 5.10 Å². The van der Waals surface area contributed by atoms with Gasteiger partial charge in [0, 0.05) is 17.0 Å². The topological polar surface area (TPSA) is 39.4 Å². The second-order valence-corrected chi connectivity index (χ2v) is 6.69. The third-order valence-corrected chi connectivity index (χ3v) is 5.03. The molecule has 0 unspecified atom stereocenters. The molecule has 0 bridgehead atoms. The molecule has 0 radical (unpaired) electrons. The summed E-state index contributed by atoms with van der Waals surface area (Å²) in [7, 11) is 0. The van der Waals surface area contributed by atoms with E-state index in [-0.39, 0.29) is 0 Å². The van der Waals surface area contributed by atoms with E-state index in [0.717, 1.165) is 23.5 Å². The SMILES string of the molecule is c1cc(-c2cnc3ccc(OCC4CCCCC4)nn23)cs1. The Hall–Kier alpha value is -1.88. The molecule has 0 N–H and O–H groups in total. The van der Waals surface area contributed by atoms with Gasteiger partial charge in [0.2, 0.25) is 5.88 Å². The Morgan fingerprint density at radius 2 is 2.09 bits per heavy atom. The van der Waals surface area contributed by atoms with Crippen LogP contribution >= 0.6 is 11.3 Å². The van der Waals surface area contributed by atoms with Crippen molar-refractivity contribution in [2.24, 2.45) is 5.92 Å². The lowest BCUT2D eigenvalue weighted by atomic mass is 9.90. The first kappa shape index (κ1) is 13.8. The molecule has 0 saturated heterocycles. The molecule has 1 saturated carbocycles. The summed E-state index contributed by atoms with van der Waals surface area (Å²) >= 11 is 1.68. The van der Waals surface area contributed by atoms with E-state index in [1.165, 1.54) is 32.1 Å². The van der Waals surface area contributed by atoms with Crippen LogP contribution in [0.15, 0.2) is 35.2 Å². The van der Waals surface area contributed by atoms with Crippen LogP contribution in [0.25, 0.3) is 16.9 Å². The lowest BCUT2D eigenvalue weighted by Gasteiger charge is -2.21. The summed E-state index contributed by atoms with van der Waals surface area (Å²) in [4.78, 5) is 4.42. The molecule has 1 aliphatic rings. The van der Waals surface area contributed by atoms with Gasteiger partial charge in [-0.3, -0.25) is 0 Å². The van der Waals surface area contributed by atoms with E-state index in [2.05, 4.69) is 26.9 Å². The largest absolute Gasteiger partial charge is 0.476 e. The Labute approximate surface area is 133 Å². The van der Waals surface area contributed by atoms with Gasteiger partial charge >= 0.3 is 0 Å². The second kappa shape index (κ2) is 6.08. The van der Waals surface area contributed by atoms with Crippen molar-refractivity contribution in [3.05, 3.63) is 35.2 Å². The lowest BCUT2D eigenvalue weighted by molar-refractivity contribution is 0.201. The van der Waals surface area contributed by atoms with Crippen LogP contribution in [0.3, 0.4) is 0 Å². The van der Waals surface area contributed by atoms with Crippen LogP contribution < -0.4 is 4.74 Å². The summed E-state index contributed by atoms with van der Waals surface area (Å²) in [5, 5.41) is 8.79. The fourth-order valence-corrected chi connectivity index (χ4v) is 3.75. The van der Waals surface area contributed by atoms with Crippen molar-refractivity contribution in [3.8, 4) is 17.1 Å². The number of hydrogen-bond donors (Lipinski definition) is 0. The second-order valence-electron chi connectivity index (χ2n) is 5.91. The smallest absolute Gasteiger partial charge is 0.231 e. The Bertz CT molecular complexity index is 744. The van der Waals surface area contributed by atoms with E-state index in [1.807, 2.05) is 22.8 Å². The zero-order valence-corrected chi connectivity index (χ0v) is 13.3. The normalized spacial score (nSPS) is 16.2. The highest BCUT2D eigenvalue weighted by Crippen LogP contribution is 2.25. The van der Waals surface area contributed by atoms with Gasteiger partial charge in [0.25, 0.3) is 0 Å². The van der Waals surface area contributed by atoms with Crippen molar-refractivity contribution < 1.29 is 4.74 Å². The molecule has 1 aliphatic carbocycles. The molecule has 0 aliphatic heterocycles. The van der Waals surface area contributed by atoms with Crippen molar-refractivity contribution in [3.63, 3.8) is 0 Å². The number of hydrogen-bond acceptors (Lipinski definition) is 4. The highest BCUT2D eigenvalue weighted by molar-refractivity contribution is 7.08. The molecule has 0 spiro atoms. The van der Waals surface area contributed by atoms with Crippen LogP contribution in [0.5, 0.6) is 5.88 Å². The lowest BCUT2D eigenvalue weighted by Crippen LogP contribution is -2.16. The van der Waals surface area contributed by atoms with Gasteiger partial charge < -0.3 is 4.74 Å². The van der Waals surface area contributed by atoms with Gasteiger partial charge in [-0.1, -0.05) is 19.3 Å². The summed E-state index contributed by atoms with van der Waals surface area (Å²) in [6.45, 7) is 0.779. The first-order valence-corrected chi connectivity index (χ1v) is 8.84. The van der Waals surface area contributed by atoms with E-state index in [1.54, 1.807) is 11.3 Å². The molecule has 1 fully saturated rings. The van der Waals surface area contributed by atoms with Gasteiger partial charge in [-0.2, -0.15) is 11.3 Å². The quantitative estimate of drug-likeness (QED) is 0.716. The number of aromatic nitrogens is 3. The maximum absolute atomic E-state index is 5.94. The zero-order valence-electron chi connectivity index (χ0n) is 12.4. The molecule has 114 valence electrons. The Balaban J connectivity index is 1.55. The molecule has 0 aromatic carbocycles. The minimum Gasteiger partial charge on any atom is -0.476 e. The van der Waals surface area contributed by atoms with Gasteiger partial charge in [-0.05, 0) is 36.3 Å². The molecule has 3 heterocycles. The molecule has 4 nitrogen and oxygen atoms in total. The van der Waals surface area contributed by atoms with E-state index in [9.17, 15) is 0 Å². The van der Waals surface area contributed by atoms with Crippen molar-refractivity contribution in [2.75, 3.05) is 6.61 Å². The highest BCUT2D eigenvalue weighted by atomic mass is 32.1. The highest BCUT2D eigenvalue weighted by Gasteiger charge is 2.15. The van der Waals surface area contributed by atoms with E-state index in [0.29, 0.717) is 11.8 Å². The number of thiophene rings is 1. The van der Waals surface area contributed by atoms with Crippen molar-refractivity contribution in [2.45, 2.75) is 32.1 Å². The summed E-state index contributed by atoms with van der Waals surface area (Å²) in [6, 6.07) is 5.98. The predicted molar refractivity (Wildman–Crippen MR) is 88.4 cm³/mol. The maximum Gasteiger partial charge on any atom is 0.231 e. The average molecular weight is 313 g/mol. The van der Waals surface area contributed by atoms with Crippen molar-refractivity contribution >= 4 is 17.0 Å². The summed E-state index contributed by atoms with van der Waals surface area (Å²) in [5.41, 5.74) is 3.01. The third-order valence-electron chi connectivity index (χ3n) is 4.35. The number of fused-ring (bicyclic) bond motifs is 1. The zero-order chi connectivity index (χ0) is 14.8. The van der Waals surface area contributed by atoms with E-state index >= 15 is 0 Å². The molecular weight excluding hydrogens is 294 g/mol. The molecule has 4 rings (SSSR count). The van der Waals surface area contributed by atoms with Gasteiger partial charge in [0.05, 0.1) is 18.5 Å². The third kappa shape index (κ3) is 2.73. The molecular formula is C17H19N3OS. The van der Waals surface area contributed by atoms with Crippen LogP contribution in [0.2, 0.25) is 0 Å². The first-order chi connectivity index (χ1) is 10.9. The molecule has 3 aromatic heterocycles. The molecule has 5 heteroatoms. The Morgan fingerprint density at radius 3 is 2.91 bits per heavy atom. The Kier molecular flexibility index (Phi) is 3.81. The number of nitrogens with zero attached hydrogens (tertiary/aromatic N) is 3. The van der Waals surface area contributed by atoms with Crippen LogP contribution in [-0.4, -0.2) is 21.2 Å². The maximum atomic E-state index is 5.94. The molecule has 0 amide bonds. The standard InChI is InChI=1S/C17H19N3OS/c1-2-4-13(5-3-1)11-21-17-7-6-16-18-10-15(20(16)19-17)14-8-9-22-12-14/h6-10,12-13H,1-5,11H2. The number of ether oxygens (including phenoxy) is 1.